The van der Waals surface area contributed by atoms with Gasteiger partial charge in [-0.15, -0.1) is 0 Å². The highest BCUT2D eigenvalue weighted by Gasteiger charge is 2.33. The molecule has 0 amide bonds. The number of rotatable bonds is 8. The van der Waals surface area contributed by atoms with Gasteiger partial charge in [-0.1, -0.05) is 19.1 Å². The second-order valence-electron chi connectivity index (χ2n) is 5.96. The van der Waals surface area contributed by atoms with Crippen molar-refractivity contribution in [2.24, 2.45) is 0 Å². The number of carbonyl (C=O) groups is 1. The van der Waals surface area contributed by atoms with Gasteiger partial charge in [0.1, 0.15) is 5.75 Å². The van der Waals surface area contributed by atoms with Crippen LogP contribution in [0.1, 0.15) is 30.9 Å². The van der Waals surface area contributed by atoms with Crippen molar-refractivity contribution in [1.82, 2.24) is 10.2 Å². The van der Waals surface area contributed by atoms with Gasteiger partial charge >= 0.3 is 5.97 Å². The Kier molecular flexibility index (Phi) is 5.80. The molecule has 5 heteroatoms. The van der Waals surface area contributed by atoms with Gasteiger partial charge in [0.2, 0.25) is 0 Å². The first kappa shape index (κ1) is 16.8. The quantitative estimate of drug-likeness (QED) is 0.769. The van der Waals surface area contributed by atoms with Gasteiger partial charge in [0.15, 0.2) is 0 Å². The summed E-state index contributed by atoms with van der Waals surface area (Å²) in [5, 5.41) is 12.5. The molecule has 2 N–H and O–H groups in total. The minimum absolute atomic E-state index is 0.144. The van der Waals surface area contributed by atoms with E-state index in [2.05, 4.69) is 17.4 Å². The number of hydrogen-bond acceptors (Lipinski definition) is 4. The van der Waals surface area contributed by atoms with Crippen molar-refractivity contribution >= 4 is 5.97 Å². The summed E-state index contributed by atoms with van der Waals surface area (Å²) >= 11 is 0. The number of ether oxygens (including phenoxy) is 1. The molecule has 1 saturated carbocycles. The Labute approximate surface area is 132 Å². The summed E-state index contributed by atoms with van der Waals surface area (Å²) in [4.78, 5) is 12.9. The van der Waals surface area contributed by atoms with E-state index in [9.17, 15) is 4.79 Å². The van der Waals surface area contributed by atoms with Crippen LogP contribution >= 0.6 is 0 Å². The fourth-order valence-corrected chi connectivity index (χ4v) is 3.04. The maximum atomic E-state index is 10.8. The normalized spacial score (nSPS) is 20.7. The molecule has 122 valence electrons. The Balaban J connectivity index is 1.76. The molecule has 0 spiro atoms. The van der Waals surface area contributed by atoms with Crippen molar-refractivity contribution < 1.29 is 14.6 Å². The third kappa shape index (κ3) is 4.21. The first-order valence-corrected chi connectivity index (χ1v) is 7.86. The largest absolute Gasteiger partial charge is 0.496 e. The Bertz CT molecular complexity index is 513. The van der Waals surface area contributed by atoms with Crippen molar-refractivity contribution in [1.29, 1.82) is 0 Å². The van der Waals surface area contributed by atoms with E-state index in [0.717, 1.165) is 37.2 Å². The van der Waals surface area contributed by atoms with E-state index in [4.69, 9.17) is 9.84 Å². The van der Waals surface area contributed by atoms with Crippen LogP contribution in [0.15, 0.2) is 18.2 Å². The Morgan fingerprint density at radius 1 is 1.45 bits per heavy atom. The van der Waals surface area contributed by atoms with Crippen LogP contribution in [0.3, 0.4) is 0 Å². The van der Waals surface area contributed by atoms with Crippen LogP contribution < -0.4 is 10.1 Å². The summed E-state index contributed by atoms with van der Waals surface area (Å²) in [5.74, 6) is 0.173. The van der Waals surface area contributed by atoms with Crippen LogP contribution in [-0.2, 0) is 11.3 Å². The zero-order chi connectivity index (χ0) is 16.1. The molecule has 0 radical (unpaired) electrons. The standard InChI is InChI=1S/C17H26N2O3/c1-4-19(11-17(20)21)15-8-14(9-15)18-10-13-5-6-16(22-3)12(2)7-13/h5-7,14-15,18H,4,8-11H2,1-3H3,(H,20,21). The zero-order valence-electron chi connectivity index (χ0n) is 13.6. The van der Waals surface area contributed by atoms with Gasteiger partial charge in [0.05, 0.1) is 13.7 Å². The molecule has 1 aromatic carbocycles. The minimum atomic E-state index is -0.744. The molecule has 1 aliphatic rings. The van der Waals surface area contributed by atoms with Gasteiger partial charge in [0, 0.05) is 18.6 Å². The minimum Gasteiger partial charge on any atom is -0.496 e. The van der Waals surface area contributed by atoms with E-state index in [0.29, 0.717) is 12.1 Å². The van der Waals surface area contributed by atoms with Crippen LogP contribution in [0.4, 0.5) is 0 Å². The zero-order valence-corrected chi connectivity index (χ0v) is 13.6. The molecule has 0 heterocycles. The van der Waals surface area contributed by atoms with Gasteiger partial charge in [-0.2, -0.15) is 0 Å². The first-order chi connectivity index (χ1) is 10.5. The molecule has 2 rings (SSSR count). The predicted octanol–water partition coefficient (Wildman–Crippen LogP) is 2.03. The van der Waals surface area contributed by atoms with Gasteiger partial charge in [-0.05, 0) is 43.5 Å². The van der Waals surface area contributed by atoms with Crippen molar-refractivity contribution in [2.45, 2.75) is 45.3 Å². The molecule has 1 aromatic rings. The van der Waals surface area contributed by atoms with E-state index in [-0.39, 0.29) is 6.54 Å². The summed E-state index contributed by atoms with van der Waals surface area (Å²) in [7, 11) is 1.69. The second-order valence-corrected chi connectivity index (χ2v) is 5.96. The Morgan fingerprint density at radius 3 is 2.73 bits per heavy atom. The highest BCUT2D eigenvalue weighted by molar-refractivity contribution is 5.69. The molecule has 0 saturated heterocycles. The van der Waals surface area contributed by atoms with E-state index in [1.807, 2.05) is 24.8 Å². The number of likely N-dealkylation sites (N-methyl/N-ethyl adjacent to an activating group) is 1. The van der Waals surface area contributed by atoms with E-state index in [1.165, 1.54) is 5.56 Å². The highest BCUT2D eigenvalue weighted by Crippen LogP contribution is 2.26. The predicted molar refractivity (Wildman–Crippen MR) is 86.3 cm³/mol. The lowest BCUT2D eigenvalue weighted by molar-refractivity contribution is -0.139. The second kappa shape index (κ2) is 7.61. The number of carboxylic acids is 1. The number of benzene rings is 1. The van der Waals surface area contributed by atoms with Crippen LogP contribution in [0.5, 0.6) is 5.75 Å². The van der Waals surface area contributed by atoms with Crippen molar-refractivity contribution in [2.75, 3.05) is 20.2 Å². The Morgan fingerprint density at radius 2 is 2.18 bits per heavy atom. The SMILES string of the molecule is CCN(CC(=O)O)C1CC(NCc2ccc(OC)c(C)c2)C1. The molecule has 22 heavy (non-hydrogen) atoms. The number of methoxy groups -OCH3 is 1. The van der Waals surface area contributed by atoms with Crippen molar-refractivity contribution in [3.63, 3.8) is 0 Å². The fraction of sp³-hybridized carbons (Fsp3) is 0.588. The van der Waals surface area contributed by atoms with E-state index < -0.39 is 5.97 Å². The smallest absolute Gasteiger partial charge is 0.317 e. The van der Waals surface area contributed by atoms with Crippen LogP contribution in [-0.4, -0.2) is 48.3 Å². The average molecular weight is 306 g/mol. The number of carboxylic acid groups (broad SMARTS) is 1. The lowest BCUT2D eigenvalue weighted by atomic mass is 9.85. The molecule has 0 aromatic heterocycles. The maximum Gasteiger partial charge on any atom is 0.317 e. The number of nitrogens with one attached hydrogen (secondary N) is 1. The summed E-state index contributed by atoms with van der Waals surface area (Å²) < 4.78 is 5.27. The van der Waals surface area contributed by atoms with Crippen LogP contribution in [0, 0.1) is 6.92 Å². The molecule has 1 aliphatic carbocycles. The molecular weight excluding hydrogens is 280 g/mol. The van der Waals surface area contributed by atoms with Gasteiger partial charge in [-0.3, -0.25) is 9.69 Å². The number of hydrogen-bond donors (Lipinski definition) is 2. The van der Waals surface area contributed by atoms with E-state index in [1.54, 1.807) is 7.11 Å². The van der Waals surface area contributed by atoms with Crippen molar-refractivity contribution in [3.8, 4) is 5.75 Å². The van der Waals surface area contributed by atoms with Gasteiger partial charge < -0.3 is 15.2 Å². The molecule has 0 unspecified atom stereocenters. The summed E-state index contributed by atoms with van der Waals surface area (Å²) in [6, 6.07) is 7.11. The highest BCUT2D eigenvalue weighted by atomic mass is 16.5. The Hall–Kier alpha value is -1.59. The van der Waals surface area contributed by atoms with Crippen molar-refractivity contribution in [3.05, 3.63) is 29.3 Å². The maximum absolute atomic E-state index is 10.8. The average Bonchev–Trinajstić information content (AvgIpc) is 2.44. The van der Waals surface area contributed by atoms with Crippen LogP contribution in [0.2, 0.25) is 0 Å². The monoisotopic (exact) mass is 306 g/mol. The molecular formula is C17H26N2O3. The van der Waals surface area contributed by atoms with Gasteiger partial charge in [0.25, 0.3) is 0 Å². The third-order valence-electron chi connectivity index (χ3n) is 4.43. The lowest BCUT2D eigenvalue weighted by Gasteiger charge is -2.42. The number of aliphatic carboxylic acids is 1. The first-order valence-electron chi connectivity index (χ1n) is 7.86. The summed E-state index contributed by atoms with van der Waals surface area (Å²) in [5.41, 5.74) is 2.39. The van der Waals surface area contributed by atoms with Gasteiger partial charge in [-0.25, -0.2) is 0 Å². The molecule has 0 bridgehead atoms. The molecule has 0 atom stereocenters. The summed E-state index contributed by atoms with van der Waals surface area (Å²) in [6.45, 7) is 5.84. The summed E-state index contributed by atoms with van der Waals surface area (Å²) in [6.07, 6.45) is 2.05. The molecule has 1 fully saturated rings. The lowest BCUT2D eigenvalue weighted by Crippen LogP contribution is -2.53. The fourth-order valence-electron chi connectivity index (χ4n) is 3.04. The third-order valence-corrected chi connectivity index (χ3v) is 4.43. The number of nitrogens with zero attached hydrogens (tertiary/aromatic N) is 1. The van der Waals surface area contributed by atoms with E-state index >= 15 is 0 Å². The topological polar surface area (TPSA) is 61.8 Å². The number of aryl methyl sites for hydroxylation is 1. The molecule has 0 aliphatic heterocycles. The molecule has 5 nitrogen and oxygen atoms in total. The van der Waals surface area contributed by atoms with Crippen LogP contribution in [0.25, 0.3) is 0 Å².